The number of hydrogen-bond donors (Lipinski definition) is 2. The fraction of sp³-hybridized carbons (Fsp3) is 0.222. The van der Waals surface area contributed by atoms with Gasteiger partial charge in [0.05, 0.1) is 6.04 Å². The molecule has 2 heterocycles. The van der Waals surface area contributed by atoms with Crippen LogP contribution in [0.2, 0.25) is 0 Å². The Balaban J connectivity index is 1.50. The number of nitrogens with one attached hydrogen (secondary N) is 2. The van der Waals surface area contributed by atoms with Gasteiger partial charge in [0.2, 0.25) is 0 Å². The van der Waals surface area contributed by atoms with Gasteiger partial charge < -0.3 is 10.6 Å². The number of hydrogen-bond acceptors (Lipinski definition) is 2. The third-order valence-corrected chi connectivity index (χ3v) is 7.17. The molecule has 2 unspecified atom stereocenters. The number of halogens is 3. The molecule has 0 aliphatic carbocycles. The summed E-state index contributed by atoms with van der Waals surface area (Å²) in [7, 11) is 0. The molecule has 34 heavy (non-hydrogen) atoms. The van der Waals surface area contributed by atoms with Crippen molar-refractivity contribution in [3.8, 4) is 0 Å². The minimum Gasteiger partial charge on any atom is -0.352 e. The normalized spacial score (nSPS) is 20.5. The Morgan fingerprint density at radius 3 is 2.18 bits per heavy atom. The molecule has 2 aliphatic rings. The van der Waals surface area contributed by atoms with Crippen molar-refractivity contribution in [2.24, 2.45) is 5.92 Å². The minimum absolute atomic E-state index is 0.132. The first-order chi connectivity index (χ1) is 16.4. The molecule has 0 aromatic heterocycles. The molecule has 7 heteroatoms. The van der Waals surface area contributed by atoms with E-state index >= 15 is 0 Å². The van der Waals surface area contributed by atoms with Crippen LogP contribution in [0.5, 0.6) is 0 Å². The molecule has 0 radical (unpaired) electrons. The lowest BCUT2D eigenvalue weighted by Gasteiger charge is -2.43. The van der Waals surface area contributed by atoms with E-state index < -0.39 is 0 Å². The van der Waals surface area contributed by atoms with Crippen LogP contribution in [0.4, 0.5) is 8.78 Å². The van der Waals surface area contributed by atoms with Crippen molar-refractivity contribution >= 4 is 33.3 Å². The van der Waals surface area contributed by atoms with Gasteiger partial charge in [-0.3, -0.25) is 4.90 Å². The molecule has 0 bridgehead atoms. The van der Waals surface area contributed by atoms with Crippen LogP contribution in [0.25, 0.3) is 0 Å². The Kier molecular flexibility index (Phi) is 6.77. The van der Waals surface area contributed by atoms with Crippen molar-refractivity contribution in [1.82, 2.24) is 15.5 Å². The topological polar surface area (TPSA) is 27.3 Å². The molecule has 5 rings (SSSR count). The molecule has 0 fully saturated rings. The number of thiocarbonyl (C=S) groups is 1. The van der Waals surface area contributed by atoms with Gasteiger partial charge in [-0.2, -0.15) is 0 Å². The van der Waals surface area contributed by atoms with Crippen molar-refractivity contribution < 1.29 is 8.78 Å². The Bertz CT molecular complexity index is 1210. The molecule has 0 spiro atoms. The van der Waals surface area contributed by atoms with Crippen molar-refractivity contribution in [2.45, 2.75) is 19.0 Å². The van der Waals surface area contributed by atoms with Gasteiger partial charge in [-0.1, -0.05) is 52.3 Å². The second-order valence-electron chi connectivity index (χ2n) is 8.85. The molecule has 0 saturated carbocycles. The molecule has 2 N–H and O–H groups in total. The van der Waals surface area contributed by atoms with Gasteiger partial charge in [0.25, 0.3) is 0 Å². The van der Waals surface area contributed by atoms with Crippen molar-refractivity contribution in [3.05, 3.63) is 117 Å². The summed E-state index contributed by atoms with van der Waals surface area (Å²) in [5.74, 6) is -0.335. The molecule has 3 aromatic carbocycles. The summed E-state index contributed by atoms with van der Waals surface area (Å²) >= 11 is 9.07. The highest BCUT2D eigenvalue weighted by molar-refractivity contribution is 9.10. The minimum atomic E-state index is -0.260. The van der Waals surface area contributed by atoms with E-state index in [0.717, 1.165) is 47.4 Å². The lowest BCUT2D eigenvalue weighted by molar-refractivity contribution is 0.221. The van der Waals surface area contributed by atoms with Crippen molar-refractivity contribution in [2.75, 3.05) is 13.1 Å². The zero-order valence-corrected chi connectivity index (χ0v) is 20.8. The van der Waals surface area contributed by atoms with E-state index in [1.54, 1.807) is 0 Å². The molecular weight excluding hydrogens is 516 g/mol. The summed E-state index contributed by atoms with van der Waals surface area (Å²) in [4.78, 5) is 2.44. The van der Waals surface area contributed by atoms with E-state index in [1.165, 1.54) is 35.4 Å². The van der Waals surface area contributed by atoms with Crippen LogP contribution in [0.15, 0.2) is 88.5 Å². The van der Waals surface area contributed by atoms with Crippen LogP contribution in [-0.2, 0) is 13.0 Å². The summed E-state index contributed by atoms with van der Waals surface area (Å²) in [5, 5.41) is 7.38. The lowest BCUT2D eigenvalue weighted by atomic mass is 9.84. The van der Waals surface area contributed by atoms with Gasteiger partial charge >= 0.3 is 0 Å². The monoisotopic (exact) mass is 539 g/mol. The Morgan fingerprint density at radius 2 is 1.50 bits per heavy atom. The summed E-state index contributed by atoms with van der Waals surface area (Å²) < 4.78 is 28.2. The van der Waals surface area contributed by atoms with Gasteiger partial charge in [0.1, 0.15) is 11.6 Å². The van der Waals surface area contributed by atoms with Crippen LogP contribution in [0.1, 0.15) is 22.7 Å². The number of nitrogens with zero attached hydrogens (tertiary/aromatic N) is 1. The van der Waals surface area contributed by atoms with E-state index in [4.69, 9.17) is 12.2 Å². The van der Waals surface area contributed by atoms with Gasteiger partial charge in [-0.05, 0) is 77.3 Å². The van der Waals surface area contributed by atoms with E-state index in [9.17, 15) is 8.78 Å². The lowest BCUT2D eigenvalue weighted by Crippen LogP contribution is -2.52. The van der Waals surface area contributed by atoms with E-state index in [0.29, 0.717) is 5.11 Å². The van der Waals surface area contributed by atoms with Crippen molar-refractivity contribution in [1.29, 1.82) is 0 Å². The summed E-state index contributed by atoms with van der Waals surface area (Å²) in [6.07, 6.45) is 0.766. The van der Waals surface area contributed by atoms with E-state index in [-0.39, 0.29) is 23.6 Å². The van der Waals surface area contributed by atoms with Crippen molar-refractivity contribution in [3.63, 3.8) is 0 Å². The first-order valence-corrected chi connectivity index (χ1v) is 12.4. The van der Waals surface area contributed by atoms with Gasteiger partial charge in [-0.15, -0.1) is 0 Å². The summed E-state index contributed by atoms with van der Waals surface area (Å²) in [6.45, 7) is 2.42. The van der Waals surface area contributed by atoms with Crippen LogP contribution in [-0.4, -0.2) is 23.1 Å². The first-order valence-electron chi connectivity index (χ1n) is 11.2. The standard InChI is InChI=1S/C27H24BrF2N3S/c28-21-7-1-18(2-8-21)14-33-15-20(13-17-3-9-22(29)10-4-17)26-24(16-33)25(31-27(34)32-26)19-5-11-23(30)12-6-19/h1-12,20,25H,13-16H2,(H2,31,32,34). The van der Waals surface area contributed by atoms with Gasteiger partial charge in [0, 0.05) is 35.7 Å². The smallest absolute Gasteiger partial charge is 0.171 e. The molecule has 3 nitrogen and oxygen atoms in total. The maximum absolute atomic E-state index is 13.6. The van der Waals surface area contributed by atoms with E-state index in [2.05, 4.69) is 55.7 Å². The average Bonchev–Trinajstić information content (AvgIpc) is 2.83. The number of rotatable bonds is 5. The molecule has 2 atom stereocenters. The zero-order chi connectivity index (χ0) is 23.7. The highest BCUT2D eigenvalue weighted by Crippen LogP contribution is 2.36. The second kappa shape index (κ2) is 9.94. The second-order valence-corrected chi connectivity index (χ2v) is 10.2. The molecular formula is C27H24BrF2N3S. The first kappa shape index (κ1) is 23.1. The molecule has 174 valence electrons. The SMILES string of the molecule is Fc1ccc(CC2CN(Cc3ccc(Br)cc3)CC3=C2NC(=S)NC3c2ccc(F)cc2)cc1. The molecule has 0 saturated heterocycles. The highest BCUT2D eigenvalue weighted by Gasteiger charge is 2.36. The third kappa shape index (κ3) is 5.22. The third-order valence-electron chi connectivity index (χ3n) is 6.42. The van der Waals surface area contributed by atoms with Crippen LogP contribution >= 0.6 is 28.1 Å². The predicted molar refractivity (Wildman–Crippen MR) is 138 cm³/mol. The quantitative estimate of drug-likeness (QED) is 0.396. The van der Waals surface area contributed by atoms with Crippen LogP contribution in [0, 0.1) is 17.6 Å². The molecule has 0 amide bonds. The molecule has 2 aliphatic heterocycles. The zero-order valence-electron chi connectivity index (χ0n) is 18.4. The fourth-order valence-electron chi connectivity index (χ4n) is 4.84. The predicted octanol–water partition coefficient (Wildman–Crippen LogP) is 5.87. The maximum Gasteiger partial charge on any atom is 0.171 e. The molecule has 3 aromatic rings. The Morgan fingerprint density at radius 1 is 0.882 bits per heavy atom. The van der Waals surface area contributed by atoms with Crippen LogP contribution < -0.4 is 10.6 Å². The Hall–Kier alpha value is -2.61. The summed E-state index contributed by atoms with van der Waals surface area (Å²) in [6, 6.07) is 21.6. The Labute approximate surface area is 212 Å². The number of benzene rings is 3. The maximum atomic E-state index is 13.6. The van der Waals surface area contributed by atoms with Gasteiger partial charge in [-0.25, -0.2) is 8.78 Å². The van der Waals surface area contributed by atoms with Gasteiger partial charge in [0.15, 0.2) is 5.11 Å². The van der Waals surface area contributed by atoms with E-state index in [1.807, 2.05) is 24.3 Å². The largest absolute Gasteiger partial charge is 0.352 e. The highest BCUT2D eigenvalue weighted by atomic mass is 79.9. The fourth-order valence-corrected chi connectivity index (χ4v) is 5.33. The average molecular weight is 540 g/mol. The van der Waals surface area contributed by atoms with Crippen LogP contribution in [0.3, 0.4) is 0 Å². The summed E-state index contributed by atoms with van der Waals surface area (Å²) in [5.41, 5.74) is 5.61.